The van der Waals surface area contributed by atoms with Crippen molar-refractivity contribution in [3.8, 4) is 11.1 Å². The second-order valence-electron chi connectivity index (χ2n) is 6.23. The van der Waals surface area contributed by atoms with Gasteiger partial charge < -0.3 is 20.7 Å². The average molecular weight is 458 g/mol. The van der Waals surface area contributed by atoms with Crippen LogP contribution < -0.4 is 10.6 Å². The number of rotatable bonds is 7. The maximum atomic E-state index is 13.5. The molecule has 9 heteroatoms. The average Bonchev–Trinajstić information content (AvgIpc) is 3.29. The standard InChI is InChI=1S/C21H21Cl2FN4O2/c1-11(2)27-20-7-14(16(23)9-26-20)13-6-18(25-8-13)21(30)28-19(10-29)12-3-4-17(24)15(22)5-12/h3-9,11,19,25,29H,10H2,1-2H3,(H,26,27)(H,28,30)/t19-/m1/s1/i1D3,2D3,11D. The summed E-state index contributed by atoms with van der Waals surface area (Å²) < 4.78 is 66.8. The van der Waals surface area contributed by atoms with E-state index in [9.17, 15) is 14.3 Å². The highest BCUT2D eigenvalue weighted by atomic mass is 35.5. The lowest BCUT2D eigenvalue weighted by Gasteiger charge is -2.16. The molecule has 158 valence electrons. The Morgan fingerprint density at radius 1 is 1.33 bits per heavy atom. The van der Waals surface area contributed by atoms with Gasteiger partial charge in [-0.2, -0.15) is 0 Å². The molecule has 6 nitrogen and oxygen atoms in total. The number of pyridine rings is 1. The number of nitrogens with one attached hydrogen (secondary N) is 3. The van der Waals surface area contributed by atoms with Crippen LogP contribution in [0.25, 0.3) is 11.1 Å². The van der Waals surface area contributed by atoms with Crippen LogP contribution >= 0.6 is 23.2 Å². The van der Waals surface area contributed by atoms with Crippen molar-refractivity contribution in [3.63, 3.8) is 0 Å². The summed E-state index contributed by atoms with van der Waals surface area (Å²) >= 11 is 12.0. The van der Waals surface area contributed by atoms with Gasteiger partial charge in [0.1, 0.15) is 17.3 Å². The van der Waals surface area contributed by atoms with E-state index in [1.165, 1.54) is 30.5 Å². The SMILES string of the molecule is [2H]C([2H])([2H])C([2H])(Nc1cc(-c2c[nH]c(C(=O)N[C@H](CO)c3ccc(F)c(Cl)c3)c2)c(Cl)cn1)C([2H])([2H])[2H]. The van der Waals surface area contributed by atoms with Gasteiger partial charge in [-0.1, -0.05) is 29.3 Å². The van der Waals surface area contributed by atoms with E-state index >= 15 is 0 Å². The van der Waals surface area contributed by atoms with Gasteiger partial charge in [0.15, 0.2) is 0 Å². The first kappa shape index (κ1) is 14.4. The summed E-state index contributed by atoms with van der Waals surface area (Å²) in [5, 5.41) is 14.4. The molecular weight excluding hydrogens is 430 g/mol. The number of anilines is 1. The Bertz CT molecular complexity index is 1290. The Morgan fingerprint density at radius 2 is 2.13 bits per heavy atom. The van der Waals surface area contributed by atoms with Crippen molar-refractivity contribution in [2.75, 3.05) is 11.9 Å². The van der Waals surface area contributed by atoms with Crippen molar-refractivity contribution in [2.45, 2.75) is 25.8 Å². The highest BCUT2D eigenvalue weighted by Gasteiger charge is 2.18. The lowest BCUT2D eigenvalue weighted by molar-refractivity contribution is 0.0911. The maximum absolute atomic E-state index is 13.5. The van der Waals surface area contributed by atoms with Gasteiger partial charge in [-0.15, -0.1) is 0 Å². The van der Waals surface area contributed by atoms with Gasteiger partial charge in [-0.3, -0.25) is 4.79 Å². The topological polar surface area (TPSA) is 90.0 Å². The zero-order valence-electron chi connectivity index (χ0n) is 22.3. The van der Waals surface area contributed by atoms with Gasteiger partial charge in [0.2, 0.25) is 0 Å². The van der Waals surface area contributed by atoms with Crippen LogP contribution in [0.2, 0.25) is 10.0 Å². The molecule has 0 bridgehead atoms. The lowest BCUT2D eigenvalue weighted by Crippen LogP contribution is -2.31. The van der Waals surface area contributed by atoms with Gasteiger partial charge in [-0.25, -0.2) is 9.37 Å². The Labute approximate surface area is 193 Å². The summed E-state index contributed by atoms with van der Waals surface area (Å²) in [5.41, 5.74) is 1.06. The number of amides is 1. The highest BCUT2D eigenvalue weighted by Crippen LogP contribution is 2.30. The molecule has 0 aliphatic heterocycles. The van der Waals surface area contributed by atoms with Crippen LogP contribution in [0, 0.1) is 5.82 Å². The number of aliphatic hydroxyl groups is 1. The van der Waals surface area contributed by atoms with Crippen LogP contribution in [0.1, 0.15) is 45.4 Å². The molecule has 3 aromatic rings. The first-order valence-electron chi connectivity index (χ1n) is 12.1. The maximum Gasteiger partial charge on any atom is 0.268 e. The molecule has 1 atom stereocenters. The molecule has 0 aliphatic rings. The number of nitrogens with zero attached hydrogens (tertiary/aromatic N) is 1. The third kappa shape index (κ3) is 5.11. The molecule has 0 radical (unpaired) electrons. The first-order valence-corrected chi connectivity index (χ1v) is 9.32. The minimum Gasteiger partial charge on any atom is -0.394 e. The fraction of sp³-hybridized carbons (Fsp3) is 0.238. The van der Waals surface area contributed by atoms with Crippen LogP contribution in [0.15, 0.2) is 42.7 Å². The number of halogens is 3. The normalized spacial score (nSPS) is 16.7. The van der Waals surface area contributed by atoms with Gasteiger partial charge in [-0.05, 0) is 43.5 Å². The number of benzene rings is 1. The number of aromatic nitrogens is 2. The summed E-state index contributed by atoms with van der Waals surface area (Å²) in [4.78, 5) is 19.4. The quantitative estimate of drug-likeness (QED) is 0.409. The van der Waals surface area contributed by atoms with Gasteiger partial charge in [0.25, 0.3) is 5.91 Å². The predicted octanol–water partition coefficient (Wildman–Crippen LogP) is 4.81. The molecule has 2 aromatic heterocycles. The molecule has 1 aromatic carbocycles. The Balaban J connectivity index is 1.86. The zero-order chi connectivity index (χ0) is 27.8. The molecule has 0 fully saturated rings. The molecule has 1 amide bonds. The summed E-state index contributed by atoms with van der Waals surface area (Å²) in [7, 11) is 0. The van der Waals surface area contributed by atoms with Crippen molar-refractivity contribution in [3.05, 3.63) is 69.8 Å². The summed E-state index contributed by atoms with van der Waals surface area (Å²) in [6.07, 6.45) is 2.57. The molecule has 3 rings (SSSR count). The second kappa shape index (κ2) is 9.47. The molecule has 0 aliphatic carbocycles. The third-order valence-electron chi connectivity index (χ3n) is 4.18. The summed E-state index contributed by atoms with van der Waals surface area (Å²) in [6, 6.07) is 2.50. The number of hydrogen-bond acceptors (Lipinski definition) is 4. The monoisotopic (exact) mass is 457 g/mol. The van der Waals surface area contributed by atoms with Gasteiger partial charge >= 0.3 is 0 Å². The Morgan fingerprint density at radius 3 is 2.83 bits per heavy atom. The number of aliphatic hydroxyl groups excluding tert-OH is 1. The van der Waals surface area contributed by atoms with Crippen LogP contribution in [0.3, 0.4) is 0 Å². The smallest absolute Gasteiger partial charge is 0.268 e. The summed E-state index contributed by atoms with van der Waals surface area (Å²) in [5.74, 6) is -1.50. The number of carbonyl (C=O) groups is 1. The number of aromatic amines is 1. The van der Waals surface area contributed by atoms with E-state index in [2.05, 4.69) is 20.6 Å². The van der Waals surface area contributed by atoms with Crippen LogP contribution in [0.5, 0.6) is 0 Å². The molecule has 0 spiro atoms. The van der Waals surface area contributed by atoms with Crippen molar-refractivity contribution in [1.29, 1.82) is 0 Å². The number of carbonyl (C=O) groups excluding carboxylic acids is 1. The van der Waals surface area contributed by atoms with Crippen molar-refractivity contribution >= 4 is 34.9 Å². The molecule has 2 heterocycles. The van der Waals surface area contributed by atoms with Crippen LogP contribution in [-0.2, 0) is 0 Å². The molecule has 0 saturated carbocycles. The van der Waals surface area contributed by atoms with E-state index in [4.69, 9.17) is 32.8 Å². The largest absolute Gasteiger partial charge is 0.394 e. The second-order valence-corrected chi connectivity index (χ2v) is 7.05. The zero-order valence-corrected chi connectivity index (χ0v) is 16.8. The summed E-state index contributed by atoms with van der Waals surface area (Å²) in [6.45, 7) is -6.94. The van der Waals surface area contributed by atoms with E-state index in [1.807, 2.05) is 0 Å². The molecule has 0 saturated heterocycles. The van der Waals surface area contributed by atoms with Crippen molar-refractivity contribution in [2.24, 2.45) is 0 Å². The Kier molecular flexibility index (Phi) is 4.55. The minimum absolute atomic E-state index is 0.0591. The number of hydrogen-bond donors (Lipinski definition) is 4. The van der Waals surface area contributed by atoms with Crippen LogP contribution in [-0.4, -0.2) is 33.6 Å². The van der Waals surface area contributed by atoms with E-state index in [0.29, 0.717) is 11.1 Å². The van der Waals surface area contributed by atoms with Gasteiger partial charge in [0.05, 0.1) is 24.1 Å². The molecule has 0 unspecified atom stereocenters. The van der Waals surface area contributed by atoms with E-state index in [-0.39, 0.29) is 27.1 Å². The van der Waals surface area contributed by atoms with Gasteiger partial charge in [0, 0.05) is 37.8 Å². The molecule has 4 N–H and O–H groups in total. The van der Waals surface area contributed by atoms with E-state index in [0.717, 1.165) is 12.3 Å². The fourth-order valence-corrected chi connectivity index (χ4v) is 3.14. The van der Waals surface area contributed by atoms with Crippen molar-refractivity contribution in [1.82, 2.24) is 15.3 Å². The van der Waals surface area contributed by atoms with Crippen molar-refractivity contribution < 1.29 is 23.9 Å². The Hall–Kier alpha value is -2.61. The first-order chi connectivity index (χ1) is 17.1. The highest BCUT2D eigenvalue weighted by molar-refractivity contribution is 6.33. The fourth-order valence-electron chi connectivity index (χ4n) is 2.74. The molecule has 30 heavy (non-hydrogen) atoms. The lowest BCUT2D eigenvalue weighted by atomic mass is 10.1. The molecular formula is C21H21Cl2FN4O2. The van der Waals surface area contributed by atoms with E-state index in [1.54, 1.807) is 0 Å². The minimum atomic E-state index is -3.23. The van der Waals surface area contributed by atoms with Crippen LogP contribution in [0.4, 0.5) is 10.2 Å². The third-order valence-corrected chi connectivity index (χ3v) is 4.77. The number of H-pyrrole nitrogens is 1. The predicted molar refractivity (Wildman–Crippen MR) is 116 cm³/mol. The van der Waals surface area contributed by atoms with E-state index < -0.39 is 44.1 Å².